The van der Waals surface area contributed by atoms with Crippen molar-refractivity contribution in [1.29, 1.82) is 0 Å². The van der Waals surface area contributed by atoms with Crippen molar-refractivity contribution in [3.05, 3.63) is 35.3 Å². The van der Waals surface area contributed by atoms with Crippen molar-refractivity contribution in [2.75, 3.05) is 26.3 Å². The second kappa shape index (κ2) is 8.17. The molecule has 0 bridgehead atoms. The van der Waals surface area contributed by atoms with Crippen molar-refractivity contribution < 1.29 is 4.39 Å². The SMILES string of the molecule is Cc1ccc(C)n1C(/C=C(\N)C(C)(C)C)=NC1CCN(CCF)CC1. The van der Waals surface area contributed by atoms with E-state index >= 15 is 0 Å². The summed E-state index contributed by atoms with van der Waals surface area (Å²) in [6.45, 7) is 12.6. The molecular formula is C20H33FN4. The van der Waals surface area contributed by atoms with Gasteiger partial charge in [0.1, 0.15) is 12.5 Å². The van der Waals surface area contributed by atoms with Crippen molar-refractivity contribution in [2.24, 2.45) is 16.1 Å². The average molecular weight is 349 g/mol. The van der Waals surface area contributed by atoms with Crippen molar-refractivity contribution in [3.8, 4) is 0 Å². The van der Waals surface area contributed by atoms with E-state index in [1.54, 1.807) is 0 Å². The molecule has 2 rings (SSSR count). The van der Waals surface area contributed by atoms with Crippen LogP contribution in [0.3, 0.4) is 0 Å². The van der Waals surface area contributed by atoms with E-state index in [4.69, 9.17) is 10.7 Å². The molecule has 0 unspecified atom stereocenters. The summed E-state index contributed by atoms with van der Waals surface area (Å²) < 4.78 is 14.7. The Morgan fingerprint density at radius 1 is 1.24 bits per heavy atom. The van der Waals surface area contributed by atoms with Gasteiger partial charge in [-0.3, -0.25) is 4.99 Å². The maximum atomic E-state index is 12.5. The third-order valence-electron chi connectivity index (χ3n) is 4.92. The zero-order valence-electron chi connectivity index (χ0n) is 16.3. The van der Waals surface area contributed by atoms with E-state index in [1.165, 1.54) is 0 Å². The van der Waals surface area contributed by atoms with Crippen molar-refractivity contribution in [2.45, 2.75) is 53.5 Å². The number of nitrogens with two attached hydrogens (primary N) is 1. The second-order valence-electron chi connectivity index (χ2n) is 8.05. The summed E-state index contributed by atoms with van der Waals surface area (Å²) in [6, 6.07) is 4.47. The number of hydrogen-bond acceptors (Lipinski definition) is 3. The van der Waals surface area contributed by atoms with E-state index in [2.05, 4.69) is 56.2 Å². The van der Waals surface area contributed by atoms with Crippen LogP contribution in [0.2, 0.25) is 0 Å². The first-order valence-electron chi connectivity index (χ1n) is 9.21. The molecule has 0 amide bonds. The van der Waals surface area contributed by atoms with Crippen molar-refractivity contribution >= 4 is 5.84 Å². The number of halogens is 1. The Labute approximate surface area is 151 Å². The lowest BCUT2D eigenvalue weighted by Crippen LogP contribution is -2.37. The summed E-state index contributed by atoms with van der Waals surface area (Å²) in [6.07, 6.45) is 3.95. The van der Waals surface area contributed by atoms with E-state index in [0.29, 0.717) is 6.54 Å². The zero-order valence-corrected chi connectivity index (χ0v) is 16.3. The van der Waals surface area contributed by atoms with Gasteiger partial charge in [-0.05, 0) is 38.8 Å². The van der Waals surface area contributed by atoms with Crippen LogP contribution in [0.1, 0.15) is 45.0 Å². The van der Waals surface area contributed by atoms with E-state index in [0.717, 1.165) is 48.9 Å². The summed E-state index contributed by atoms with van der Waals surface area (Å²) in [5, 5.41) is 0. The van der Waals surface area contributed by atoms with Crippen LogP contribution in [0.15, 0.2) is 28.9 Å². The number of hydrogen-bond donors (Lipinski definition) is 1. The molecule has 1 fully saturated rings. The lowest BCUT2D eigenvalue weighted by molar-refractivity contribution is 0.198. The van der Waals surface area contributed by atoms with E-state index in [9.17, 15) is 4.39 Å². The Hall–Kier alpha value is -1.62. The van der Waals surface area contributed by atoms with Gasteiger partial charge >= 0.3 is 0 Å². The molecule has 1 aliphatic heterocycles. The highest BCUT2D eigenvalue weighted by Gasteiger charge is 2.21. The van der Waals surface area contributed by atoms with Gasteiger partial charge in [-0.25, -0.2) is 4.39 Å². The van der Waals surface area contributed by atoms with Gasteiger partial charge in [0.05, 0.1) is 6.04 Å². The van der Waals surface area contributed by atoms with Gasteiger partial charge in [0.25, 0.3) is 0 Å². The molecule has 0 aliphatic carbocycles. The Bertz CT molecular complexity index is 609. The fourth-order valence-corrected chi connectivity index (χ4v) is 3.12. The standard InChI is InChI=1S/C20H33FN4/c1-15-6-7-16(2)25(15)19(14-18(22)20(3,4)5)23-17-8-11-24(12-9-17)13-10-21/h6-7,14,17H,8-13,22H2,1-5H3/b18-14-,23-19?. The highest BCUT2D eigenvalue weighted by molar-refractivity contribution is 5.96. The van der Waals surface area contributed by atoms with E-state index in [1.807, 2.05) is 6.08 Å². The number of alkyl halides is 1. The summed E-state index contributed by atoms with van der Waals surface area (Å²) in [7, 11) is 0. The van der Waals surface area contributed by atoms with Crippen LogP contribution in [-0.4, -0.2) is 47.7 Å². The average Bonchev–Trinajstić information content (AvgIpc) is 2.87. The summed E-state index contributed by atoms with van der Waals surface area (Å²) in [5.41, 5.74) is 9.39. The molecule has 140 valence electrons. The third-order valence-corrected chi connectivity index (χ3v) is 4.92. The lowest BCUT2D eigenvalue weighted by Gasteiger charge is -2.30. The third kappa shape index (κ3) is 5.18. The predicted octanol–water partition coefficient (Wildman–Crippen LogP) is 3.67. The molecule has 4 nitrogen and oxygen atoms in total. The molecule has 0 atom stereocenters. The van der Waals surface area contributed by atoms with Gasteiger partial charge in [-0.15, -0.1) is 0 Å². The Kier molecular flexibility index (Phi) is 6.44. The second-order valence-corrected chi connectivity index (χ2v) is 8.05. The van der Waals surface area contributed by atoms with E-state index < -0.39 is 0 Å². The number of allylic oxidation sites excluding steroid dienone is 2. The molecule has 1 aromatic heterocycles. The zero-order chi connectivity index (χ0) is 18.6. The molecule has 2 heterocycles. The number of rotatable bonds is 4. The number of nitrogens with zero attached hydrogens (tertiary/aromatic N) is 3. The molecule has 0 radical (unpaired) electrons. The van der Waals surface area contributed by atoms with Gasteiger partial charge < -0.3 is 15.2 Å². The van der Waals surface area contributed by atoms with Crippen LogP contribution in [0.4, 0.5) is 4.39 Å². The summed E-state index contributed by atoms with van der Waals surface area (Å²) in [4.78, 5) is 7.23. The highest BCUT2D eigenvalue weighted by Crippen LogP contribution is 2.22. The predicted molar refractivity (Wildman–Crippen MR) is 104 cm³/mol. The molecule has 2 N–H and O–H groups in total. The van der Waals surface area contributed by atoms with Crippen molar-refractivity contribution in [3.63, 3.8) is 0 Å². The Balaban J connectivity index is 2.30. The quantitative estimate of drug-likeness (QED) is 0.666. The molecule has 5 heteroatoms. The van der Waals surface area contributed by atoms with Crippen LogP contribution in [0.5, 0.6) is 0 Å². The van der Waals surface area contributed by atoms with Gasteiger partial charge in [0.2, 0.25) is 0 Å². The molecule has 0 saturated carbocycles. The van der Waals surface area contributed by atoms with Gasteiger partial charge in [-0.2, -0.15) is 0 Å². The molecule has 1 aromatic rings. The largest absolute Gasteiger partial charge is 0.401 e. The maximum Gasteiger partial charge on any atom is 0.134 e. The molecule has 1 saturated heterocycles. The summed E-state index contributed by atoms with van der Waals surface area (Å²) in [5.74, 6) is 0.913. The van der Waals surface area contributed by atoms with Crippen molar-refractivity contribution in [1.82, 2.24) is 9.47 Å². The minimum atomic E-state index is -0.272. The van der Waals surface area contributed by atoms with E-state index in [-0.39, 0.29) is 18.1 Å². The van der Waals surface area contributed by atoms with Gasteiger partial charge in [0, 0.05) is 48.2 Å². The minimum Gasteiger partial charge on any atom is -0.401 e. The number of aliphatic imine (C=N–C) groups is 1. The molecule has 1 aliphatic rings. The molecule has 0 spiro atoms. The lowest BCUT2D eigenvalue weighted by atomic mass is 9.92. The number of aromatic nitrogens is 1. The molecule has 0 aromatic carbocycles. The van der Waals surface area contributed by atoms with Crippen LogP contribution >= 0.6 is 0 Å². The number of piperidine rings is 1. The first-order valence-corrected chi connectivity index (χ1v) is 9.21. The van der Waals surface area contributed by atoms with Crippen LogP contribution in [-0.2, 0) is 0 Å². The fraction of sp³-hybridized carbons (Fsp3) is 0.650. The van der Waals surface area contributed by atoms with Crippen LogP contribution in [0, 0.1) is 19.3 Å². The monoisotopic (exact) mass is 348 g/mol. The number of aryl methyl sites for hydroxylation is 2. The molecule has 25 heavy (non-hydrogen) atoms. The topological polar surface area (TPSA) is 46.6 Å². The first kappa shape index (κ1) is 19.7. The number of likely N-dealkylation sites (tertiary alicyclic amines) is 1. The normalized spacial score (nSPS) is 18.8. The summed E-state index contributed by atoms with van der Waals surface area (Å²) >= 11 is 0. The Morgan fingerprint density at radius 2 is 1.80 bits per heavy atom. The van der Waals surface area contributed by atoms with Gasteiger partial charge in [0.15, 0.2) is 0 Å². The molecular weight excluding hydrogens is 315 g/mol. The Morgan fingerprint density at radius 3 is 2.28 bits per heavy atom. The van der Waals surface area contributed by atoms with Gasteiger partial charge in [-0.1, -0.05) is 20.8 Å². The first-order chi connectivity index (χ1) is 11.7. The maximum absolute atomic E-state index is 12.5. The smallest absolute Gasteiger partial charge is 0.134 e. The van der Waals surface area contributed by atoms with Crippen LogP contribution < -0.4 is 5.73 Å². The highest BCUT2D eigenvalue weighted by atomic mass is 19.1. The van der Waals surface area contributed by atoms with Crippen LogP contribution in [0.25, 0.3) is 0 Å². The fourth-order valence-electron chi connectivity index (χ4n) is 3.12. The minimum absolute atomic E-state index is 0.0970.